The minimum atomic E-state index is -0.716. The van der Waals surface area contributed by atoms with Gasteiger partial charge < -0.3 is 4.79 Å². The highest BCUT2D eigenvalue weighted by Crippen LogP contribution is 2.23. The number of amides is 1. The number of hydrogen-bond acceptors (Lipinski definition) is 5. The molecule has 0 bridgehead atoms. The average molecular weight is 207 g/mol. The molecule has 0 spiro atoms. The molecule has 1 aliphatic rings. The van der Waals surface area contributed by atoms with Crippen molar-refractivity contribution in [2.75, 3.05) is 0 Å². The first-order valence-corrected chi connectivity index (χ1v) is 4.70. The smallest absolute Gasteiger partial charge is 0.267 e. The van der Waals surface area contributed by atoms with Gasteiger partial charge in [0.15, 0.2) is 0 Å². The second kappa shape index (κ2) is 3.67. The van der Waals surface area contributed by atoms with Gasteiger partial charge in [0.1, 0.15) is 22.3 Å². The number of carbonyl (C=O) groups is 2. The Labute approximate surface area is 83.7 Å². The minimum absolute atomic E-state index is 0.425. The maximum atomic E-state index is 11.1. The number of hydrogen-bond donors (Lipinski definition) is 0. The van der Waals surface area contributed by atoms with E-state index in [4.69, 9.17) is 0 Å². The molecule has 1 atom stereocenters. The number of carbonyl (C=O) groups excluding carboxylic acids is 2. The van der Waals surface area contributed by atoms with E-state index in [1.54, 1.807) is 0 Å². The van der Waals surface area contributed by atoms with Crippen LogP contribution < -0.4 is 0 Å². The molecule has 2 heterocycles. The number of aldehydes is 1. The number of rotatable bonds is 2. The summed E-state index contributed by atoms with van der Waals surface area (Å²) in [5, 5.41) is -0.257. The van der Waals surface area contributed by atoms with Crippen LogP contribution in [0.1, 0.15) is 5.69 Å². The quantitative estimate of drug-likeness (QED) is 0.506. The normalized spacial score (nSPS) is 20.7. The molecule has 1 amide bonds. The molecular weight excluding hydrogens is 202 g/mol. The zero-order valence-corrected chi connectivity index (χ0v) is 7.77. The summed E-state index contributed by atoms with van der Waals surface area (Å²) in [6.07, 6.45) is 5.13. The number of aliphatic imine (C=N–C) groups is 1. The van der Waals surface area contributed by atoms with E-state index in [2.05, 4.69) is 15.0 Å². The molecule has 70 valence electrons. The van der Waals surface area contributed by atoms with E-state index >= 15 is 0 Å². The van der Waals surface area contributed by atoms with E-state index in [0.29, 0.717) is 17.0 Å². The van der Waals surface area contributed by atoms with Gasteiger partial charge in [-0.05, 0) is 0 Å². The standard InChI is InChI=1S/C8H5N3O2S/c12-4-6-7(13)11-8(14-6)5-3-9-1-2-10-5/h1-4,6H. The zero-order valence-electron chi connectivity index (χ0n) is 6.95. The largest absolute Gasteiger partial charge is 0.302 e. The lowest BCUT2D eigenvalue weighted by Gasteiger charge is -1.96. The summed E-state index contributed by atoms with van der Waals surface area (Å²) in [5.74, 6) is -0.425. The van der Waals surface area contributed by atoms with Crippen LogP contribution in [-0.4, -0.2) is 32.5 Å². The van der Waals surface area contributed by atoms with Crippen molar-refractivity contribution in [2.45, 2.75) is 5.25 Å². The van der Waals surface area contributed by atoms with E-state index in [1.807, 2.05) is 0 Å². The maximum absolute atomic E-state index is 11.1. The molecule has 14 heavy (non-hydrogen) atoms. The van der Waals surface area contributed by atoms with E-state index in [9.17, 15) is 9.59 Å². The minimum Gasteiger partial charge on any atom is -0.302 e. The lowest BCUT2D eigenvalue weighted by atomic mass is 10.4. The molecule has 0 fully saturated rings. The van der Waals surface area contributed by atoms with Gasteiger partial charge in [-0.3, -0.25) is 14.8 Å². The van der Waals surface area contributed by atoms with Crippen LogP contribution in [0.15, 0.2) is 23.6 Å². The Kier molecular flexibility index (Phi) is 2.36. The Morgan fingerprint density at radius 1 is 1.43 bits per heavy atom. The van der Waals surface area contributed by atoms with Gasteiger partial charge in [0.2, 0.25) is 0 Å². The van der Waals surface area contributed by atoms with Gasteiger partial charge >= 0.3 is 0 Å². The first kappa shape index (κ1) is 9.01. The second-order valence-electron chi connectivity index (χ2n) is 2.52. The van der Waals surface area contributed by atoms with Crippen LogP contribution in [0.4, 0.5) is 0 Å². The van der Waals surface area contributed by atoms with E-state index < -0.39 is 11.2 Å². The molecular formula is C8H5N3O2S. The zero-order chi connectivity index (χ0) is 9.97. The highest BCUT2D eigenvalue weighted by Gasteiger charge is 2.29. The van der Waals surface area contributed by atoms with Crippen LogP contribution >= 0.6 is 11.8 Å². The Bertz CT molecular complexity index is 404. The third-order valence-electron chi connectivity index (χ3n) is 1.60. The first-order chi connectivity index (χ1) is 6.81. The van der Waals surface area contributed by atoms with Crippen molar-refractivity contribution < 1.29 is 9.59 Å². The molecule has 6 heteroatoms. The third-order valence-corrected chi connectivity index (χ3v) is 2.69. The van der Waals surface area contributed by atoms with E-state index in [-0.39, 0.29) is 0 Å². The monoisotopic (exact) mass is 207 g/mol. The van der Waals surface area contributed by atoms with Gasteiger partial charge in [-0.2, -0.15) is 0 Å². The van der Waals surface area contributed by atoms with Crippen molar-refractivity contribution in [3.63, 3.8) is 0 Å². The fourth-order valence-corrected chi connectivity index (χ4v) is 1.79. The van der Waals surface area contributed by atoms with Crippen molar-refractivity contribution in [1.82, 2.24) is 9.97 Å². The van der Waals surface area contributed by atoms with Crippen LogP contribution in [-0.2, 0) is 9.59 Å². The van der Waals surface area contributed by atoms with Gasteiger partial charge in [0, 0.05) is 12.4 Å². The molecule has 1 aliphatic heterocycles. The molecule has 1 aromatic heterocycles. The molecule has 0 aliphatic carbocycles. The summed E-state index contributed by atoms with van der Waals surface area (Å²) in [4.78, 5) is 33.1. The van der Waals surface area contributed by atoms with Gasteiger partial charge in [0.25, 0.3) is 5.91 Å². The SMILES string of the molecule is O=CC1SC(c2cnccn2)=NC1=O. The van der Waals surface area contributed by atoms with Crippen molar-refractivity contribution in [3.05, 3.63) is 24.3 Å². The maximum Gasteiger partial charge on any atom is 0.267 e. The molecule has 5 nitrogen and oxygen atoms in total. The van der Waals surface area contributed by atoms with Crippen LogP contribution in [0.5, 0.6) is 0 Å². The third kappa shape index (κ3) is 1.56. The van der Waals surface area contributed by atoms with Gasteiger partial charge in [0.05, 0.1) is 6.20 Å². The second-order valence-corrected chi connectivity index (χ2v) is 3.65. The van der Waals surface area contributed by atoms with Crippen LogP contribution in [0.25, 0.3) is 0 Å². The predicted molar refractivity (Wildman–Crippen MR) is 51.0 cm³/mol. The molecule has 0 saturated carbocycles. The van der Waals surface area contributed by atoms with E-state index in [0.717, 1.165) is 11.8 Å². The number of aromatic nitrogens is 2. The van der Waals surface area contributed by atoms with Crippen molar-refractivity contribution in [2.24, 2.45) is 4.99 Å². The molecule has 0 aromatic carbocycles. The molecule has 1 aromatic rings. The lowest BCUT2D eigenvalue weighted by molar-refractivity contribution is -0.120. The van der Waals surface area contributed by atoms with Gasteiger partial charge in [-0.15, -0.1) is 0 Å². The topological polar surface area (TPSA) is 72.3 Å². The highest BCUT2D eigenvalue weighted by atomic mass is 32.2. The average Bonchev–Trinajstić information content (AvgIpc) is 2.61. The van der Waals surface area contributed by atoms with Gasteiger partial charge in [-0.25, -0.2) is 4.99 Å². The fraction of sp³-hybridized carbons (Fsp3) is 0.125. The van der Waals surface area contributed by atoms with Crippen LogP contribution in [0, 0.1) is 0 Å². The molecule has 2 rings (SSSR count). The first-order valence-electron chi connectivity index (χ1n) is 3.82. The predicted octanol–water partition coefficient (Wildman–Crippen LogP) is 0.0641. The Balaban J connectivity index is 2.27. The summed E-state index contributed by atoms with van der Waals surface area (Å²) in [7, 11) is 0. The highest BCUT2D eigenvalue weighted by molar-refractivity contribution is 8.16. The Hall–Kier alpha value is -1.56. The fourth-order valence-electron chi connectivity index (χ4n) is 0.974. The van der Waals surface area contributed by atoms with Crippen molar-refractivity contribution >= 4 is 29.0 Å². The summed E-state index contributed by atoms with van der Waals surface area (Å²) in [6.45, 7) is 0. The summed E-state index contributed by atoms with van der Waals surface area (Å²) < 4.78 is 0. The number of nitrogens with zero attached hydrogens (tertiary/aromatic N) is 3. The summed E-state index contributed by atoms with van der Waals surface area (Å²) in [6, 6.07) is 0. The molecule has 0 N–H and O–H groups in total. The molecule has 0 saturated heterocycles. The van der Waals surface area contributed by atoms with E-state index in [1.165, 1.54) is 18.6 Å². The lowest BCUT2D eigenvalue weighted by Crippen LogP contribution is -2.10. The van der Waals surface area contributed by atoms with Crippen LogP contribution in [0.2, 0.25) is 0 Å². The summed E-state index contributed by atoms with van der Waals surface area (Å²) >= 11 is 1.10. The molecule has 0 radical (unpaired) electrons. The molecule has 1 unspecified atom stereocenters. The van der Waals surface area contributed by atoms with Crippen LogP contribution in [0.3, 0.4) is 0 Å². The summed E-state index contributed by atoms with van der Waals surface area (Å²) in [5.41, 5.74) is 0.523. The van der Waals surface area contributed by atoms with Gasteiger partial charge in [-0.1, -0.05) is 11.8 Å². The number of thioether (sulfide) groups is 1. The van der Waals surface area contributed by atoms with Crippen molar-refractivity contribution in [3.8, 4) is 0 Å². The Morgan fingerprint density at radius 3 is 2.86 bits per heavy atom. The Morgan fingerprint density at radius 2 is 2.29 bits per heavy atom. The van der Waals surface area contributed by atoms with Crippen molar-refractivity contribution in [1.29, 1.82) is 0 Å².